The monoisotopic (exact) mass is 339 g/mol. The summed E-state index contributed by atoms with van der Waals surface area (Å²) in [6.45, 7) is 6.27. The number of benzene rings is 1. The van der Waals surface area contributed by atoms with Gasteiger partial charge in [0.05, 0.1) is 6.61 Å². The number of aliphatic hydroxyl groups excluding tert-OH is 1. The van der Waals surface area contributed by atoms with E-state index in [1.54, 1.807) is 6.33 Å². The Morgan fingerprint density at radius 2 is 1.96 bits per heavy atom. The van der Waals surface area contributed by atoms with Gasteiger partial charge in [0.25, 0.3) is 0 Å². The molecule has 1 aromatic heterocycles. The quantitative estimate of drug-likeness (QED) is 0.872. The van der Waals surface area contributed by atoms with Gasteiger partial charge in [-0.3, -0.25) is 0 Å². The number of rotatable bonds is 6. The van der Waals surface area contributed by atoms with E-state index in [0.717, 1.165) is 62.3 Å². The fourth-order valence-electron chi connectivity index (χ4n) is 3.96. The third kappa shape index (κ3) is 4.18. The number of piperidine rings is 1. The standard InChI is InChI=1S/C21H29N3O/c1-17-18(2)22-16-23-20(17)24-13-7-12-21(14-24,15-25)11-6-10-19-8-4-3-5-9-19/h3-5,8-9,16,25H,6-7,10-15H2,1-2H3/t21-/m1/s1. The van der Waals surface area contributed by atoms with Crippen LogP contribution in [0.1, 0.15) is 42.5 Å². The zero-order chi connectivity index (χ0) is 17.7. The summed E-state index contributed by atoms with van der Waals surface area (Å²) in [6.07, 6.45) is 7.10. The van der Waals surface area contributed by atoms with Crippen molar-refractivity contribution in [2.45, 2.75) is 46.0 Å². The van der Waals surface area contributed by atoms with Crippen LogP contribution in [0.25, 0.3) is 0 Å². The first-order chi connectivity index (χ1) is 12.1. The molecule has 4 nitrogen and oxygen atoms in total. The lowest BCUT2D eigenvalue weighted by atomic mass is 9.76. The summed E-state index contributed by atoms with van der Waals surface area (Å²) in [7, 11) is 0. The molecular formula is C21H29N3O. The van der Waals surface area contributed by atoms with Crippen molar-refractivity contribution in [2.24, 2.45) is 5.41 Å². The molecule has 0 radical (unpaired) electrons. The van der Waals surface area contributed by atoms with Gasteiger partial charge in [0.2, 0.25) is 0 Å². The predicted octanol–water partition coefficient (Wildman–Crippen LogP) is 3.70. The van der Waals surface area contributed by atoms with Crippen molar-refractivity contribution in [1.82, 2.24) is 9.97 Å². The molecule has 0 spiro atoms. The summed E-state index contributed by atoms with van der Waals surface area (Å²) in [5, 5.41) is 10.2. The van der Waals surface area contributed by atoms with Gasteiger partial charge in [0, 0.05) is 29.8 Å². The second-order valence-corrected chi connectivity index (χ2v) is 7.43. The van der Waals surface area contributed by atoms with Crippen LogP contribution in [0.4, 0.5) is 5.82 Å². The highest BCUT2D eigenvalue weighted by atomic mass is 16.3. The van der Waals surface area contributed by atoms with E-state index < -0.39 is 0 Å². The number of anilines is 1. The second-order valence-electron chi connectivity index (χ2n) is 7.43. The van der Waals surface area contributed by atoms with Gasteiger partial charge in [-0.15, -0.1) is 0 Å². The van der Waals surface area contributed by atoms with Crippen LogP contribution in [0.15, 0.2) is 36.7 Å². The van der Waals surface area contributed by atoms with Crippen LogP contribution in [0.2, 0.25) is 0 Å². The number of hydrogen-bond acceptors (Lipinski definition) is 4. The van der Waals surface area contributed by atoms with Crippen molar-refractivity contribution in [3.8, 4) is 0 Å². The average Bonchev–Trinajstić information content (AvgIpc) is 2.65. The van der Waals surface area contributed by atoms with Crippen LogP contribution >= 0.6 is 0 Å². The predicted molar refractivity (Wildman–Crippen MR) is 102 cm³/mol. The molecule has 2 heterocycles. The van der Waals surface area contributed by atoms with E-state index in [-0.39, 0.29) is 12.0 Å². The van der Waals surface area contributed by atoms with Crippen molar-refractivity contribution in [3.05, 3.63) is 53.5 Å². The molecule has 0 amide bonds. The Morgan fingerprint density at radius 3 is 2.72 bits per heavy atom. The first kappa shape index (κ1) is 17.9. The molecular weight excluding hydrogens is 310 g/mol. The molecule has 0 saturated carbocycles. The molecule has 2 aromatic rings. The molecule has 1 N–H and O–H groups in total. The number of aliphatic hydroxyl groups is 1. The van der Waals surface area contributed by atoms with Crippen LogP contribution in [0.5, 0.6) is 0 Å². The normalized spacial score (nSPS) is 20.7. The first-order valence-electron chi connectivity index (χ1n) is 9.31. The largest absolute Gasteiger partial charge is 0.396 e. The minimum absolute atomic E-state index is 0.0156. The van der Waals surface area contributed by atoms with E-state index in [4.69, 9.17) is 0 Å². The molecule has 1 aliphatic rings. The van der Waals surface area contributed by atoms with Crippen LogP contribution in [-0.4, -0.2) is 34.8 Å². The van der Waals surface area contributed by atoms with Gasteiger partial charge in [-0.05, 0) is 51.5 Å². The summed E-state index contributed by atoms with van der Waals surface area (Å²) < 4.78 is 0. The van der Waals surface area contributed by atoms with Crippen molar-refractivity contribution < 1.29 is 5.11 Å². The van der Waals surface area contributed by atoms with E-state index in [1.165, 1.54) is 5.56 Å². The van der Waals surface area contributed by atoms with Crippen LogP contribution in [-0.2, 0) is 6.42 Å². The third-order valence-corrected chi connectivity index (χ3v) is 5.62. The maximum absolute atomic E-state index is 10.2. The van der Waals surface area contributed by atoms with Gasteiger partial charge in [-0.25, -0.2) is 9.97 Å². The zero-order valence-corrected chi connectivity index (χ0v) is 15.4. The molecule has 0 bridgehead atoms. The molecule has 1 saturated heterocycles. The van der Waals surface area contributed by atoms with E-state index in [9.17, 15) is 5.11 Å². The first-order valence-corrected chi connectivity index (χ1v) is 9.31. The highest BCUT2D eigenvalue weighted by Crippen LogP contribution is 2.37. The molecule has 1 atom stereocenters. The molecule has 1 fully saturated rings. The highest BCUT2D eigenvalue weighted by molar-refractivity contribution is 5.48. The molecule has 134 valence electrons. The Bertz CT molecular complexity index is 689. The Labute approximate surface area is 150 Å². The lowest BCUT2D eigenvalue weighted by Crippen LogP contribution is -2.46. The molecule has 1 aromatic carbocycles. The van der Waals surface area contributed by atoms with E-state index in [2.05, 4.69) is 52.1 Å². The molecule has 4 heteroatoms. The maximum Gasteiger partial charge on any atom is 0.135 e. The van der Waals surface area contributed by atoms with E-state index in [0.29, 0.717) is 0 Å². The average molecular weight is 339 g/mol. The minimum Gasteiger partial charge on any atom is -0.396 e. The fraction of sp³-hybridized carbons (Fsp3) is 0.524. The number of aryl methyl sites for hydroxylation is 2. The van der Waals surface area contributed by atoms with Crippen molar-refractivity contribution in [3.63, 3.8) is 0 Å². The molecule has 3 rings (SSSR count). The van der Waals surface area contributed by atoms with Gasteiger partial charge >= 0.3 is 0 Å². The van der Waals surface area contributed by atoms with Gasteiger partial charge in [0.15, 0.2) is 0 Å². The lowest BCUT2D eigenvalue weighted by Gasteiger charge is -2.43. The minimum atomic E-state index is -0.0156. The summed E-state index contributed by atoms with van der Waals surface area (Å²) in [4.78, 5) is 11.2. The summed E-state index contributed by atoms with van der Waals surface area (Å²) in [5.74, 6) is 1.04. The number of aromatic nitrogens is 2. The summed E-state index contributed by atoms with van der Waals surface area (Å²) in [6, 6.07) is 10.6. The number of hydrogen-bond donors (Lipinski definition) is 1. The molecule has 25 heavy (non-hydrogen) atoms. The van der Waals surface area contributed by atoms with Crippen LogP contribution in [0.3, 0.4) is 0 Å². The van der Waals surface area contributed by atoms with Crippen molar-refractivity contribution in [1.29, 1.82) is 0 Å². The van der Waals surface area contributed by atoms with Crippen molar-refractivity contribution in [2.75, 3.05) is 24.6 Å². The second kappa shape index (κ2) is 7.96. The molecule has 0 unspecified atom stereocenters. The zero-order valence-electron chi connectivity index (χ0n) is 15.4. The van der Waals surface area contributed by atoms with Crippen LogP contribution < -0.4 is 4.90 Å². The Kier molecular flexibility index (Phi) is 5.69. The van der Waals surface area contributed by atoms with Gasteiger partial charge in [0.1, 0.15) is 12.1 Å². The maximum atomic E-state index is 10.2. The summed E-state index contributed by atoms with van der Waals surface area (Å²) in [5.41, 5.74) is 3.55. The highest BCUT2D eigenvalue weighted by Gasteiger charge is 2.35. The summed E-state index contributed by atoms with van der Waals surface area (Å²) >= 11 is 0. The lowest BCUT2D eigenvalue weighted by molar-refractivity contribution is 0.0938. The van der Waals surface area contributed by atoms with Crippen LogP contribution in [0, 0.1) is 19.3 Å². The SMILES string of the molecule is Cc1ncnc(N2CCC[C@](CO)(CCCc3ccccc3)C2)c1C. The van der Waals surface area contributed by atoms with Gasteiger partial charge < -0.3 is 10.0 Å². The molecule has 0 aliphatic carbocycles. The topological polar surface area (TPSA) is 49.2 Å². The Balaban J connectivity index is 1.67. The number of nitrogens with zero attached hydrogens (tertiary/aromatic N) is 3. The van der Waals surface area contributed by atoms with Gasteiger partial charge in [-0.2, -0.15) is 0 Å². The van der Waals surface area contributed by atoms with E-state index in [1.807, 2.05) is 6.92 Å². The fourth-order valence-corrected chi connectivity index (χ4v) is 3.96. The third-order valence-electron chi connectivity index (χ3n) is 5.62. The molecule has 1 aliphatic heterocycles. The Hall–Kier alpha value is -1.94. The Morgan fingerprint density at radius 1 is 1.16 bits per heavy atom. The van der Waals surface area contributed by atoms with Gasteiger partial charge in [-0.1, -0.05) is 30.3 Å². The van der Waals surface area contributed by atoms with E-state index >= 15 is 0 Å². The van der Waals surface area contributed by atoms with Crippen molar-refractivity contribution >= 4 is 5.82 Å². The smallest absolute Gasteiger partial charge is 0.135 e.